The molecule has 0 rings (SSSR count). The molecule has 0 aliphatic carbocycles. The molecular weight excluding hydrogens is 226 g/mol. The van der Waals surface area contributed by atoms with Crippen molar-refractivity contribution in [2.75, 3.05) is 7.05 Å². The maximum absolute atomic E-state index is 11.1. The summed E-state index contributed by atoms with van der Waals surface area (Å²) in [6.07, 6.45) is 11.5. The molecule has 1 N–H and O–H groups in total. The number of nitrogens with one attached hydrogen (secondary N) is 1. The molecule has 0 aromatic heterocycles. The Morgan fingerprint density at radius 1 is 0.778 bits per heavy atom. The summed E-state index contributed by atoms with van der Waals surface area (Å²) in [6, 6.07) is 0. The molecule has 0 saturated carbocycles. The summed E-state index contributed by atoms with van der Waals surface area (Å²) < 4.78 is 0. The highest BCUT2D eigenvalue weighted by atomic mass is 16.1. The van der Waals surface area contributed by atoms with Gasteiger partial charge in [-0.05, 0) is 12.8 Å². The van der Waals surface area contributed by atoms with Crippen molar-refractivity contribution in [3.05, 3.63) is 0 Å². The zero-order valence-corrected chi connectivity index (χ0v) is 12.1. The Hall–Kier alpha value is -0.860. The molecule has 3 nitrogen and oxygen atoms in total. The fourth-order valence-electron chi connectivity index (χ4n) is 1.97. The van der Waals surface area contributed by atoms with Crippen LogP contribution in [-0.4, -0.2) is 18.7 Å². The topological polar surface area (TPSA) is 46.2 Å². The zero-order chi connectivity index (χ0) is 13.6. The number of amides is 1. The van der Waals surface area contributed by atoms with Crippen LogP contribution in [0.2, 0.25) is 0 Å². The van der Waals surface area contributed by atoms with Crippen molar-refractivity contribution in [1.82, 2.24) is 5.32 Å². The van der Waals surface area contributed by atoms with Crippen LogP contribution in [0.1, 0.15) is 77.6 Å². The summed E-state index contributed by atoms with van der Waals surface area (Å²) in [5.74, 6) is 0.541. The molecule has 0 fully saturated rings. The van der Waals surface area contributed by atoms with E-state index in [1.54, 1.807) is 7.05 Å². The van der Waals surface area contributed by atoms with E-state index in [1.165, 1.54) is 32.1 Å². The summed E-state index contributed by atoms with van der Waals surface area (Å²) in [5.41, 5.74) is 0. The van der Waals surface area contributed by atoms with E-state index in [2.05, 4.69) is 5.32 Å². The summed E-state index contributed by atoms with van der Waals surface area (Å²) in [6.45, 7) is 1.93. The van der Waals surface area contributed by atoms with Crippen LogP contribution in [-0.2, 0) is 9.59 Å². The molecule has 0 radical (unpaired) electrons. The molecule has 0 aliphatic heterocycles. The van der Waals surface area contributed by atoms with Crippen LogP contribution in [0.25, 0.3) is 0 Å². The fourth-order valence-corrected chi connectivity index (χ4v) is 1.97. The van der Waals surface area contributed by atoms with Crippen molar-refractivity contribution < 1.29 is 9.59 Å². The van der Waals surface area contributed by atoms with E-state index in [1.807, 2.05) is 6.92 Å². The molecule has 0 unspecified atom stereocenters. The molecule has 3 heteroatoms. The number of carbonyl (C=O) groups is 2. The summed E-state index contributed by atoms with van der Waals surface area (Å²) in [5, 5.41) is 2.64. The standard InChI is InChI=1S/C15H29NO2/c1-3-14(17)12-10-8-6-4-5-7-9-11-13-15(18)16-2/h3-13H2,1-2H3,(H,16,18). The van der Waals surface area contributed by atoms with Crippen molar-refractivity contribution in [3.63, 3.8) is 0 Å². The van der Waals surface area contributed by atoms with Gasteiger partial charge in [-0.3, -0.25) is 9.59 Å². The molecule has 0 aromatic rings. The highest BCUT2D eigenvalue weighted by Crippen LogP contribution is 2.11. The smallest absolute Gasteiger partial charge is 0.219 e. The molecule has 0 atom stereocenters. The molecule has 0 aromatic carbocycles. The van der Waals surface area contributed by atoms with E-state index >= 15 is 0 Å². The summed E-state index contributed by atoms with van der Waals surface area (Å²) in [7, 11) is 1.69. The minimum absolute atomic E-state index is 0.149. The summed E-state index contributed by atoms with van der Waals surface area (Å²) >= 11 is 0. The number of hydrogen-bond acceptors (Lipinski definition) is 2. The Morgan fingerprint density at radius 3 is 1.67 bits per heavy atom. The molecule has 0 heterocycles. The number of carbonyl (C=O) groups excluding carboxylic acids is 2. The van der Waals surface area contributed by atoms with Crippen LogP contribution in [0, 0.1) is 0 Å². The van der Waals surface area contributed by atoms with E-state index in [0.29, 0.717) is 18.6 Å². The molecule has 18 heavy (non-hydrogen) atoms. The lowest BCUT2D eigenvalue weighted by Crippen LogP contribution is -2.16. The minimum Gasteiger partial charge on any atom is -0.359 e. The zero-order valence-electron chi connectivity index (χ0n) is 12.1. The third-order valence-electron chi connectivity index (χ3n) is 3.28. The third-order valence-corrected chi connectivity index (χ3v) is 3.28. The SMILES string of the molecule is CCC(=O)CCCCCCCCCCC(=O)NC. The van der Waals surface area contributed by atoms with E-state index in [4.69, 9.17) is 0 Å². The first-order chi connectivity index (χ1) is 8.70. The fraction of sp³-hybridized carbons (Fsp3) is 0.867. The first kappa shape index (κ1) is 17.1. The lowest BCUT2D eigenvalue weighted by molar-refractivity contribution is -0.121. The number of unbranched alkanes of at least 4 members (excludes halogenated alkanes) is 7. The number of rotatable bonds is 12. The van der Waals surface area contributed by atoms with Crippen LogP contribution >= 0.6 is 0 Å². The van der Waals surface area contributed by atoms with Crippen LogP contribution < -0.4 is 5.32 Å². The van der Waals surface area contributed by atoms with Gasteiger partial charge in [-0.2, -0.15) is 0 Å². The quantitative estimate of drug-likeness (QED) is 0.541. The van der Waals surface area contributed by atoms with Gasteiger partial charge in [0.15, 0.2) is 0 Å². The van der Waals surface area contributed by atoms with E-state index in [9.17, 15) is 9.59 Å². The largest absolute Gasteiger partial charge is 0.359 e. The van der Waals surface area contributed by atoms with Gasteiger partial charge in [-0.15, -0.1) is 0 Å². The van der Waals surface area contributed by atoms with E-state index in [-0.39, 0.29) is 5.91 Å². The Labute approximate surface area is 112 Å². The van der Waals surface area contributed by atoms with Gasteiger partial charge in [0.05, 0.1) is 0 Å². The van der Waals surface area contributed by atoms with Gasteiger partial charge in [0.2, 0.25) is 5.91 Å². The van der Waals surface area contributed by atoms with Crippen LogP contribution in [0.15, 0.2) is 0 Å². The second-order valence-corrected chi connectivity index (χ2v) is 4.89. The Kier molecular flexibility index (Phi) is 12.0. The van der Waals surface area contributed by atoms with Crippen molar-refractivity contribution in [3.8, 4) is 0 Å². The van der Waals surface area contributed by atoms with Gasteiger partial charge in [-0.25, -0.2) is 0 Å². The van der Waals surface area contributed by atoms with Crippen LogP contribution in [0.5, 0.6) is 0 Å². The monoisotopic (exact) mass is 255 g/mol. The van der Waals surface area contributed by atoms with Crippen molar-refractivity contribution >= 4 is 11.7 Å². The van der Waals surface area contributed by atoms with Crippen molar-refractivity contribution in [2.24, 2.45) is 0 Å². The molecule has 0 saturated heterocycles. The van der Waals surface area contributed by atoms with E-state index < -0.39 is 0 Å². The lowest BCUT2D eigenvalue weighted by Gasteiger charge is -2.02. The lowest BCUT2D eigenvalue weighted by atomic mass is 10.0. The van der Waals surface area contributed by atoms with Gasteiger partial charge >= 0.3 is 0 Å². The predicted octanol–water partition coefficient (Wildman–Crippen LogP) is 3.61. The van der Waals surface area contributed by atoms with Gasteiger partial charge < -0.3 is 5.32 Å². The number of ketones is 1. The average Bonchev–Trinajstić information content (AvgIpc) is 2.40. The molecule has 0 bridgehead atoms. The molecule has 1 amide bonds. The highest BCUT2D eigenvalue weighted by molar-refractivity contribution is 5.77. The molecule has 0 spiro atoms. The Bertz CT molecular complexity index is 203. The van der Waals surface area contributed by atoms with Crippen molar-refractivity contribution in [1.29, 1.82) is 0 Å². The normalized spacial score (nSPS) is 10.3. The maximum atomic E-state index is 11.1. The van der Waals surface area contributed by atoms with Gasteiger partial charge in [0, 0.05) is 26.3 Å². The minimum atomic E-state index is 0.149. The van der Waals surface area contributed by atoms with Crippen LogP contribution in [0.4, 0.5) is 0 Å². The number of hydrogen-bond donors (Lipinski definition) is 1. The predicted molar refractivity (Wildman–Crippen MR) is 75.5 cm³/mol. The van der Waals surface area contributed by atoms with Gasteiger partial charge in [-0.1, -0.05) is 45.4 Å². The third kappa shape index (κ3) is 11.6. The first-order valence-corrected chi connectivity index (χ1v) is 7.43. The molecular formula is C15H29NO2. The molecule has 106 valence electrons. The molecule has 0 aliphatic rings. The van der Waals surface area contributed by atoms with E-state index in [0.717, 1.165) is 25.7 Å². The second kappa shape index (κ2) is 12.6. The summed E-state index contributed by atoms with van der Waals surface area (Å²) in [4.78, 5) is 22.0. The average molecular weight is 255 g/mol. The Balaban J connectivity index is 3.07. The first-order valence-electron chi connectivity index (χ1n) is 7.43. The second-order valence-electron chi connectivity index (χ2n) is 4.89. The highest BCUT2D eigenvalue weighted by Gasteiger charge is 1.99. The number of Topliss-reactive ketones (excluding diaryl/α,β-unsaturated/α-hetero) is 1. The van der Waals surface area contributed by atoms with Gasteiger partial charge in [0.1, 0.15) is 5.78 Å². The van der Waals surface area contributed by atoms with Crippen molar-refractivity contribution in [2.45, 2.75) is 77.6 Å². The Morgan fingerprint density at radius 2 is 1.22 bits per heavy atom. The van der Waals surface area contributed by atoms with Gasteiger partial charge in [0.25, 0.3) is 0 Å². The van der Waals surface area contributed by atoms with Crippen LogP contribution in [0.3, 0.4) is 0 Å². The maximum Gasteiger partial charge on any atom is 0.219 e.